The van der Waals surface area contributed by atoms with Crippen LogP contribution in [0.25, 0.3) is 10.9 Å². The Morgan fingerprint density at radius 1 is 1.39 bits per heavy atom. The van der Waals surface area contributed by atoms with Crippen LogP contribution in [0, 0.1) is 18.6 Å². The van der Waals surface area contributed by atoms with E-state index in [1.165, 1.54) is 6.92 Å². The number of nitrogens with two attached hydrogens (primary N) is 1. The lowest BCUT2D eigenvalue weighted by Crippen LogP contribution is -2.15. The van der Waals surface area contributed by atoms with Crippen LogP contribution in [-0.4, -0.2) is 11.6 Å². The molecule has 1 aromatic heterocycles. The van der Waals surface area contributed by atoms with Crippen molar-refractivity contribution in [3.63, 3.8) is 0 Å². The van der Waals surface area contributed by atoms with Crippen LogP contribution in [0.15, 0.2) is 6.07 Å². The molecule has 2 aromatic rings. The number of ether oxygens (including phenoxy) is 1. The first-order valence-electron chi connectivity index (χ1n) is 5.73. The van der Waals surface area contributed by atoms with E-state index in [4.69, 9.17) is 10.5 Å². The van der Waals surface area contributed by atoms with E-state index in [0.717, 1.165) is 6.07 Å². The molecule has 0 spiro atoms. The number of pyridine rings is 1. The van der Waals surface area contributed by atoms with Gasteiger partial charge in [-0.25, -0.2) is 13.8 Å². The standard InChI is InChI=1S/C13H12F2N2O/c1-6-4-8(14)13-10(11(6)15)12(16)7-5-18-3-2-9(7)17-13/h4H,2-3,5H2,1H3,(H2,16,17). The van der Waals surface area contributed by atoms with Gasteiger partial charge >= 0.3 is 0 Å². The smallest absolute Gasteiger partial charge is 0.149 e. The van der Waals surface area contributed by atoms with Gasteiger partial charge in [-0.1, -0.05) is 0 Å². The first kappa shape index (κ1) is 11.3. The van der Waals surface area contributed by atoms with Crippen LogP contribution >= 0.6 is 0 Å². The van der Waals surface area contributed by atoms with Crippen LogP contribution in [0.3, 0.4) is 0 Å². The molecule has 0 atom stereocenters. The molecule has 3 nitrogen and oxygen atoms in total. The molecule has 0 unspecified atom stereocenters. The van der Waals surface area contributed by atoms with Crippen molar-refractivity contribution in [1.82, 2.24) is 4.98 Å². The van der Waals surface area contributed by atoms with Crippen LogP contribution in [0.5, 0.6) is 0 Å². The zero-order valence-electron chi connectivity index (χ0n) is 9.89. The molecule has 0 radical (unpaired) electrons. The summed E-state index contributed by atoms with van der Waals surface area (Å²) in [5.41, 5.74) is 7.81. The monoisotopic (exact) mass is 250 g/mol. The van der Waals surface area contributed by atoms with Gasteiger partial charge in [-0.15, -0.1) is 0 Å². The van der Waals surface area contributed by atoms with Gasteiger partial charge in [-0.3, -0.25) is 0 Å². The van der Waals surface area contributed by atoms with Gasteiger partial charge in [0.25, 0.3) is 0 Å². The molecule has 1 aliphatic rings. The van der Waals surface area contributed by atoms with Gasteiger partial charge in [0.1, 0.15) is 17.2 Å². The van der Waals surface area contributed by atoms with E-state index in [9.17, 15) is 8.78 Å². The molecule has 3 rings (SSSR count). The van der Waals surface area contributed by atoms with Gasteiger partial charge in [-0.2, -0.15) is 0 Å². The van der Waals surface area contributed by atoms with Gasteiger partial charge in [0.15, 0.2) is 0 Å². The summed E-state index contributed by atoms with van der Waals surface area (Å²) in [7, 11) is 0. The highest BCUT2D eigenvalue weighted by atomic mass is 19.1. The maximum absolute atomic E-state index is 14.1. The highest BCUT2D eigenvalue weighted by Gasteiger charge is 2.21. The number of hydrogen-bond donors (Lipinski definition) is 1. The fraction of sp³-hybridized carbons (Fsp3) is 0.308. The zero-order valence-corrected chi connectivity index (χ0v) is 9.89. The molecule has 5 heteroatoms. The third kappa shape index (κ3) is 1.47. The molecule has 94 valence electrons. The molecule has 0 saturated heterocycles. The second-order valence-electron chi connectivity index (χ2n) is 4.47. The van der Waals surface area contributed by atoms with Crippen molar-refractivity contribution in [3.8, 4) is 0 Å². The third-order valence-electron chi connectivity index (χ3n) is 3.29. The van der Waals surface area contributed by atoms with Crippen molar-refractivity contribution in [2.75, 3.05) is 12.3 Å². The average molecular weight is 250 g/mol. The lowest BCUT2D eigenvalue weighted by Gasteiger charge is -2.19. The summed E-state index contributed by atoms with van der Waals surface area (Å²) in [6, 6.07) is 1.15. The number of rotatable bonds is 0. The van der Waals surface area contributed by atoms with E-state index in [1.54, 1.807) is 0 Å². The first-order valence-corrected chi connectivity index (χ1v) is 5.73. The van der Waals surface area contributed by atoms with Gasteiger partial charge in [0.05, 0.1) is 30.0 Å². The summed E-state index contributed by atoms with van der Waals surface area (Å²) in [6.45, 7) is 2.34. The summed E-state index contributed by atoms with van der Waals surface area (Å²) in [6.07, 6.45) is 0.574. The highest BCUT2D eigenvalue weighted by molar-refractivity contribution is 5.93. The molecule has 2 heterocycles. The van der Waals surface area contributed by atoms with Crippen LogP contribution in [0.1, 0.15) is 16.8 Å². The molecule has 0 fully saturated rings. The van der Waals surface area contributed by atoms with Gasteiger partial charge in [0, 0.05) is 12.0 Å². The molecule has 0 aliphatic carbocycles. The maximum atomic E-state index is 14.1. The van der Waals surface area contributed by atoms with E-state index < -0.39 is 11.6 Å². The van der Waals surface area contributed by atoms with Crippen molar-refractivity contribution < 1.29 is 13.5 Å². The van der Waals surface area contributed by atoms with E-state index >= 15 is 0 Å². The van der Waals surface area contributed by atoms with Crippen molar-refractivity contribution >= 4 is 16.6 Å². The average Bonchev–Trinajstić information content (AvgIpc) is 2.36. The Balaban J connectivity index is 2.46. The SMILES string of the molecule is Cc1cc(F)c2nc3c(c(N)c2c1F)COCC3. The minimum Gasteiger partial charge on any atom is -0.398 e. The van der Waals surface area contributed by atoms with E-state index in [1.807, 2.05) is 0 Å². The lowest BCUT2D eigenvalue weighted by atomic mass is 10.0. The summed E-state index contributed by atoms with van der Waals surface area (Å²) in [5, 5.41) is 0.0664. The number of anilines is 1. The quantitative estimate of drug-likeness (QED) is 0.781. The predicted molar refractivity (Wildman–Crippen MR) is 64.2 cm³/mol. The molecule has 0 saturated carbocycles. The number of halogens is 2. The van der Waals surface area contributed by atoms with Gasteiger partial charge in [-0.05, 0) is 18.6 Å². The van der Waals surface area contributed by atoms with Gasteiger partial charge in [0.2, 0.25) is 0 Å². The number of benzene rings is 1. The second-order valence-corrected chi connectivity index (χ2v) is 4.47. The minimum atomic E-state index is -0.537. The van der Waals surface area contributed by atoms with Crippen LogP contribution < -0.4 is 5.73 Å². The Labute approximate surface area is 103 Å². The van der Waals surface area contributed by atoms with Crippen LogP contribution in [-0.2, 0) is 17.8 Å². The van der Waals surface area contributed by atoms with Crippen molar-refractivity contribution in [1.29, 1.82) is 0 Å². The first-order chi connectivity index (χ1) is 8.59. The molecular formula is C13H12F2N2O. The summed E-state index contributed by atoms with van der Waals surface area (Å²) in [4.78, 5) is 4.20. The zero-order chi connectivity index (χ0) is 12.9. The molecule has 18 heavy (non-hydrogen) atoms. The Morgan fingerprint density at radius 3 is 2.94 bits per heavy atom. The van der Waals surface area contributed by atoms with E-state index in [2.05, 4.69) is 4.98 Å². The fourth-order valence-electron chi connectivity index (χ4n) is 2.32. The third-order valence-corrected chi connectivity index (χ3v) is 3.29. The van der Waals surface area contributed by atoms with Crippen LogP contribution in [0.4, 0.5) is 14.5 Å². The Bertz CT molecular complexity index is 655. The predicted octanol–water partition coefficient (Wildman–Crippen LogP) is 2.48. The van der Waals surface area contributed by atoms with E-state index in [-0.39, 0.29) is 22.2 Å². The molecule has 2 N–H and O–H groups in total. The topological polar surface area (TPSA) is 48.1 Å². The highest BCUT2D eigenvalue weighted by Crippen LogP contribution is 2.33. The summed E-state index contributed by atoms with van der Waals surface area (Å²) < 4.78 is 33.2. The normalized spacial score (nSPS) is 14.8. The maximum Gasteiger partial charge on any atom is 0.149 e. The van der Waals surface area contributed by atoms with Crippen molar-refractivity contribution in [3.05, 3.63) is 34.5 Å². The lowest BCUT2D eigenvalue weighted by molar-refractivity contribution is 0.110. The Morgan fingerprint density at radius 2 is 2.17 bits per heavy atom. The van der Waals surface area contributed by atoms with Crippen molar-refractivity contribution in [2.45, 2.75) is 20.0 Å². The summed E-state index contributed by atoms with van der Waals surface area (Å²) >= 11 is 0. The minimum absolute atomic E-state index is 0.0104. The van der Waals surface area contributed by atoms with Crippen LogP contribution in [0.2, 0.25) is 0 Å². The molecular weight excluding hydrogens is 238 g/mol. The molecule has 0 amide bonds. The molecule has 1 aromatic carbocycles. The Hall–Kier alpha value is -1.75. The summed E-state index contributed by atoms with van der Waals surface area (Å²) in [5.74, 6) is -1.05. The number of nitrogens with zero attached hydrogens (tertiary/aromatic N) is 1. The molecule has 1 aliphatic heterocycles. The fourth-order valence-corrected chi connectivity index (χ4v) is 2.32. The second kappa shape index (κ2) is 3.88. The molecule has 0 bridgehead atoms. The number of fused-ring (bicyclic) bond motifs is 2. The number of hydrogen-bond acceptors (Lipinski definition) is 3. The number of nitrogen functional groups attached to an aromatic ring is 1. The largest absolute Gasteiger partial charge is 0.398 e. The Kier molecular flexibility index (Phi) is 2.45. The van der Waals surface area contributed by atoms with E-state index in [0.29, 0.717) is 30.9 Å². The van der Waals surface area contributed by atoms with Gasteiger partial charge < -0.3 is 10.5 Å². The number of aryl methyl sites for hydroxylation is 1. The number of aromatic nitrogens is 1. The van der Waals surface area contributed by atoms with Crippen molar-refractivity contribution in [2.24, 2.45) is 0 Å².